The molecule has 0 aliphatic carbocycles. The zero-order valence-electron chi connectivity index (χ0n) is 20.7. The fraction of sp³-hybridized carbons (Fsp3) is 0.519. The molecule has 2 aromatic carbocycles. The van der Waals surface area contributed by atoms with Crippen molar-refractivity contribution in [3.8, 4) is 11.5 Å². The van der Waals surface area contributed by atoms with Crippen LogP contribution in [-0.4, -0.2) is 81.2 Å². The van der Waals surface area contributed by atoms with Crippen molar-refractivity contribution in [2.45, 2.75) is 44.1 Å². The normalized spacial score (nSPS) is 23.1. The molecule has 0 radical (unpaired) electrons. The summed E-state index contributed by atoms with van der Waals surface area (Å²) in [4.78, 5) is 17.5. The number of nitrogens with one attached hydrogen (secondary N) is 1. The Labute approximate surface area is 207 Å². The predicted molar refractivity (Wildman–Crippen MR) is 135 cm³/mol. The minimum absolute atomic E-state index is 0.0256. The number of carbonyl (C=O) groups excluding carboxylic acids is 1. The third kappa shape index (κ3) is 6.66. The number of hydrogen-bond donors (Lipinski definition) is 2. The quantitative estimate of drug-likeness (QED) is 0.567. The second-order valence-electron chi connectivity index (χ2n) is 9.18. The van der Waals surface area contributed by atoms with Crippen LogP contribution in [0.2, 0.25) is 0 Å². The van der Waals surface area contributed by atoms with Gasteiger partial charge in [-0.3, -0.25) is 9.69 Å². The van der Waals surface area contributed by atoms with E-state index in [0.29, 0.717) is 13.0 Å². The highest BCUT2D eigenvalue weighted by atomic mass is 16.5. The summed E-state index contributed by atoms with van der Waals surface area (Å²) in [6.07, 6.45) is 0.574. The number of aliphatic hydroxyl groups excluding tert-OH is 1. The van der Waals surface area contributed by atoms with Gasteiger partial charge in [-0.1, -0.05) is 24.3 Å². The lowest BCUT2D eigenvalue weighted by Crippen LogP contribution is -2.50. The van der Waals surface area contributed by atoms with Crippen molar-refractivity contribution in [2.75, 3.05) is 51.8 Å². The fourth-order valence-corrected chi connectivity index (χ4v) is 4.79. The highest BCUT2D eigenvalue weighted by Crippen LogP contribution is 2.28. The van der Waals surface area contributed by atoms with Gasteiger partial charge in [0, 0.05) is 39.3 Å². The van der Waals surface area contributed by atoms with Crippen LogP contribution < -0.4 is 19.7 Å². The molecule has 2 aliphatic heterocycles. The number of hydrogen-bond acceptors (Lipinski definition) is 7. The SMILES string of the molecule is COc1ccc(CNC(=O)[C@H]2O[C@H](CCN3CCN(c4ccccc4OC)CC3)CC[C@@H]2O)cc1. The number of rotatable bonds is 9. The lowest BCUT2D eigenvalue weighted by Gasteiger charge is -2.38. The molecule has 2 heterocycles. The monoisotopic (exact) mass is 483 g/mol. The molecule has 8 nitrogen and oxygen atoms in total. The third-order valence-electron chi connectivity index (χ3n) is 6.92. The van der Waals surface area contributed by atoms with E-state index in [1.165, 1.54) is 0 Å². The second-order valence-corrected chi connectivity index (χ2v) is 9.18. The van der Waals surface area contributed by atoms with Gasteiger partial charge in [-0.25, -0.2) is 0 Å². The Bertz CT molecular complexity index is 946. The summed E-state index contributed by atoms with van der Waals surface area (Å²) in [5, 5.41) is 13.3. The fourth-order valence-electron chi connectivity index (χ4n) is 4.79. The molecule has 3 atom stereocenters. The number of para-hydroxylation sites is 2. The van der Waals surface area contributed by atoms with Crippen LogP contribution in [0.15, 0.2) is 48.5 Å². The minimum Gasteiger partial charge on any atom is -0.497 e. The van der Waals surface area contributed by atoms with Crippen LogP contribution in [0.3, 0.4) is 0 Å². The van der Waals surface area contributed by atoms with Crippen LogP contribution in [0.25, 0.3) is 0 Å². The molecule has 0 aromatic heterocycles. The average molecular weight is 484 g/mol. The summed E-state index contributed by atoms with van der Waals surface area (Å²) >= 11 is 0. The molecule has 4 rings (SSSR count). The molecular weight excluding hydrogens is 446 g/mol. The Morgan fingerprint density at radius 1 is 1.03 bits per heavy atom. The van der Waals surface area contributed by atoms with Gasteiger partial charge in [0.05, 0.1) is 32.1 Å². The zero-order chi connectivity index (χ0) is 24.6. The molecule has 2 aromatic rings. The van der Waals surface area contributed by atoms with Crippen LogP contribution in [-0.2, 0) is 16.1 Å². The van der Waals surface area contributed by atoms with E-state index in [1.807, 2.05) is 42.5 Å². The lowest BCUT2D eigenvalue weighted by molar-refractivity contribution is -0.158. The summed E-state index contributed by atoms with van der Waals surface area (Å²) in [6, 6.07) is 15.7. The largest absolute Gasteiger partial charge is 0.497 e. The van der Waals surface area contributed by atoms with Crippen molar-refractivity contribution in [1.82, 2.24) is 10.2 Å². The molecular formula is C27H37N3O5. The molecule has 2 fully saturated rings. The van der Waals surface area contributed by atoms with E-state index in [9.17, 15) is 9.90 Å². The number of carbonyl (C=O) groups is 1. The number of aliphatic hydroxyl groups is 1. The number of benzene rings is 2. The second kappa shape index (κ2) is 12.2. The summed E-state index contributed by atoms with van der Waals surface area (Å²) in [5.74, 6) is 1.42. The molecule has 2 saturated heterocycles. The van der Waals surface area contributed by atoms with E-state index < -0.39 is 12.2 Å². The first kappa shape index (κ1) is 25.3. The van der Waals surface area contributed by atoms with Crippen LogP contribution in [0, 0.1) is 0 Å². The maximum absolute atomic E-state index is 12.7. The predicted octanol–water partition coefficient (Wildman–Crippen LogP) is 2.44. The first-order valence-electron chi connectivity index (χ1n) is 12.4. The minimum atomic E-state index is -0.825. The van der Waals surface area contributed by atoms with Crippen LogP contribution in [0.1, 0.15) is 24.8 Å². The van der Waals surface area contributed by atoms with Gasteiger partial charge in [0.1, 0.15) is 11.5 Å². The smallest absolute Gasteiger partial charge is 0.252 e. The number of amides is 1. The maximum atomic E-state index is 12.7. The molecule has 8 heteroatoms. The van der Waals surface area contributed by atoms with E-state index in [0.717, 1.165) is 68.3 Å². The Morgan fingerprint density at radius 3 is 2.49 bits per heavy atom. The van der Waals surface area contributed by atoms with E-state index in [-0.39, 0.29) is 12.0 Å². The van der Waals surface area contributed by atoms with Gasteiger partial charge in [0.25, 0.3) is 5.91 Å². The standard InChI is InChI=1S/C27H37N3O5/c1-33-21-9-7-20(8-10-21)19-28-27(32)26-24(31)12-11-22(35-26)13-14-29-15-17-30(18-16-29)23-5-3-4-6-25(23)34-2/h3-10,22,24,26,31H,11-19H2,1-2H3,(H,28,32)/t22-,24-,26-/m0/s1. The van der Waals surface area contributed by atoms with E-state index in [1.54, 1.807) is 14.2 Å². The highest BCUT2D eigenvalue weighted by Gasteiger charge is 2.35. The van der Waals surface area contributed by atoms with Crippen molar-refractivity contribution in [1.29, 1.82) is 0 Å². The molecule has 2 N–H and O–H groups in total. The van der Waals surface area contributed by atoms with E-state index in [4.69, 9.17) is 14.2 Å². The molecule has 0 saturated carbocycles. The summed E-state index contributed by atoms with van der Waals surface area (Å²) in [5.41, 5.74) is 2.11. The Morgan fingerprint density at radius 2 is 1.77 bits per heavy atom. The molecule has 190 valence electrons. The summed E-state index contributed by atoms with van der Waals surface area (Å²) in [6.45, 7) is 5.14. The summed E-state index contributed by atoms with van der Waals surface area (Å²) < 4.78 is 16.7. The van der Waals surface area contributed by atoms with E-state index in [2.05, 4.69) is 21.2 Å². The number of nitrogens with zero attached hydrogens (tertiary/aromatic N) is 2. The van der Waals surface area contributed by atoms with Gasteiger partial charge in [-0.05, 0) is 49.1 Å². The lowest BCUT2D eigenvalue weighted by atomic mass is 9.98. The number of piperazine rings is 1. The van der Waals surface area contributed by atoms with Gasteiger partial charge in [-0.15, -0.1) is 0 Å². The molecule has 35 heavy (non-hydrogen) atoms. The van der Waals surface area contributed by atoms with E-state index >= 15 is 0 Å². The van der Waals surface area contributed by atoms with Gasteiger partial charge >= 0.3 is 0 Å². The number of anilines is 1. The van der Waals surface area contributed by atoms with Gasteiger partial charge < -0.3 is 29.5 Å². The van der Waals surface area contributed by atoms with Crippen LogP contribution >= 0.6 is 0 Å². The molecule has 0 bridgehead atoms. The molecule has 0 spiro atoms. The van der Waals surface area contributed by atoms with Crippen molar-refractivity contribution >= 4 is 11.6 Å². The summed E-state index contributed by atoms with van der Waals surface area (Å²) in [7, 11) is 3.33. The Balaban J connectivity index is 1.21. The van der Waals surface area contributed by atoms with Crippen molar-refractivity contribution in [3.05, 3.63) is 54.1 Å². The maximum Gasteiger partial charge on any atom is 0.252 e. The third-order valence-corrected chi connectivity index (χ3v) is 6.92. The first-order chi connectivity index (χ1) is 17.1. The first-order valence-corrected chi connectivity index (χ1v) is 12.4. The topological polar surface area (TPSA) is 83.5 Å². The van der Waals surface area contributed by atoms with Gasteiger partial charge in [-0.2, -0.15) is 0 Å². The average Bonchev–Trinajstić information content (AvgIpc) is 2.91. The van der Waals surface area contributed by atoms with Crippen LogP contribution in [0.4, 0.5) is 5.69 Å². The molecule has 0 unspecified atom stereocenters. The van der Waals surface area contributed by atoms with Crippen LogP contribution in [0.5, 0.6) is 11.5 Å². The number of methoxy groups -OCH3 is 2. The molecule has 2 aliphatic rings. The van der Waals surface area contributed by atoms with Crippen molar-refractivity contribution in [3.63, 3.8) is 0 Å². The number of ether oxygens (including phenoxy) is 3. The highest BCUT2D eigenvalue weighted by molar-refractivity contribution is 5.81. The Hall–Kier alpha value is -2.81. The Kier molecular flexibility index (Phi) is 8.84. The zero-order valence-corrected chi connectivity index (χ0v) is 20.7. The van der Waals surface area contributed by atoms with Crippen molar-refractivity contribution < 1.29 is 24.1 Å². The van der Waals surface area contributed by atoms with Gasteiger partial charge in [0.2, 0.25) is 0 Å². The van der Waals surface area contributed by atoms with Crippen molar-refractivity contribution in [2.24, 2.45) is 0 Å². The molecule has 1 amide bonds. The van der Waals surface area contributed by atoms with Gasteiger partial charge in [0.15, 0.2) is 6.10 Å².